The second kappa shape index (κ2) is 5.09. The molecule has 0 aliphatic rings. The molecule has 2 aromatic rings. The summed E-state index contributed by atoms with van der Waals surface area (Å²) in [5, 5.41) is 3.42. The first-order chi connectivity index (χ1) is 8.99. The molecule has 0 spiro atoms. The molecule has 0 aromatic carbocycles. The van der Waals surface area contributed by atoms with E-state index in [0.717, 1.165) is 6.21 Å². The number of nitrogens with one attached hydrogen (secondary N) is 1. The molecule has 0 saturated heterocycles. The molecule has 4 nitrogen and oxygen atoms in total. The van der Waals surface area contributed by atoms with E-state index in [9.17, 15) is 17.6 Å². The quantitative estimate of drug-likeness (QED) is 0.405. The van der Waals surface area contributed by atoms with E-state index in [1.54, 1.807) is 19.1 Å². The first kappa shape index (κ1) is 13.1. The molecule has 0 unspecified atom stereocenters. The molecule has 0 amide bonds. The van der Waals surface area contributed by atoms with Gasteiger partial charge in [-0.1, -0.05) is 0 Å². The number of hydrogen-bond acceptors (Lipinski definition) is 4. The summed E-state index contributed by atoms with van der Waals surface area (Å²) in [7, 11) is 0. The van der Waals surface area contributed by atoms with Gasteiger partial charge in [0.05, 0.1) is 6.21 Å². The minimum absolute atomic E-state index is 0.306. The fraction of sp³-hybridized carbons (Fsp3) is 0.0909. The zero-order chi connectivity index (χ0) is 14.0. The Balaban J connectivity index is 2.22. The minimum Gasteiger partial charge on any atom is -0.460 e. The van der Waals surface area contributed by atoms with Crippen molar-refractivity contribution in [3.8, 4) is 0 Å². The summed E-state index contributed by atoms with van der Waals surface area (Å²) >= 11 is 0. The standard InChI is InChI=1S/C11H7F4N3O/c1-5-2-3-6(19-5)4-16-18-9-7(12)10(14)17-11(15)8(9)13/h2-4H,1H3,(H,17,18)/b16-4-. The molecular weight excluding hydrogens is 266 g/mol. The minimum atomic E-state index is -1.76. The van der Waals surface area contributed by atoms with Crippen molar-refractivity contribution in [3.05, 3.63) is 47.2 Å². The molecule has 0 radical (unpaired) electrons. The molecule has 1 N–H and O–H groups in total. The average Bonchev–Trinajstić information content (AvgIpc) is 2.77. The first-order valence-corrected chi connectivity index (χ1v) is 5.04. The molecule has 2 aromatic heterocycles. The maximum absolute atomic E-state index is 13.2. The van der Waals surface area contributed by atoms with Gasteiger partial charge >= 0.3 is 0 Å². The highest BCUT2D eigenvalue weighted by atomic mass is 19.2. The Morgan fingerprint density at radius 1 is 1.16 bits per heavy atom. The summed E-state index contributed by atoms with van der Waals surface area (Å²) < 4.78 is 57.0. The number of aryl methyl sites for hydroxylation is 1. The van der Waals surface area contributed by atoms with Gasteiger partial charge in [-0.2, -0.15) is 27.6 Å². The number of furan rings is 1. The number of hydrogen-bond donors (Lipinski definition) is 1. The second-order valence-corrected chi connectivity index (χ2v) is 3.51. The van der Waals surface area contributed by atoms with Crippen LogP contribution in [0.1, 0.15) is 11.5 Å². The molecule has 0 aliphatic heterocycles. The molecule has 0 aliphatic carbocycles. The number of rotatable bonds is 3. The third-order valence-corrected chi connectivity index (χ3v) is 2.13. The predicted molar refractivity (Wildman–Crippen MR) is 58.7 cm³/mol. The van der Waals surface area contributed by atoms with Crippen LogP contribution in [0.15, 0.2) is 21.7 Å². The zero-order valence-corrected chi connectivity index (χ0v) is 9.55. The number of anilines is 1. The number of aromatic nitrogens is 1. The fourth-order valence-electron chi connectivity index (χ4n) is 1.27. The van der Waals surface area contributed by atoms with Crippen molar-refractivity contribution in [3.63, 3.8) is 0 Å². The molecule has 2 heterocycles. The van der Waals surface area contributed by atoms with Gasteiger partial charge < -0.3 is 4.42 Å². The van der Waals surface area contributed by atoms with Gasteiger partial charge in [-0.05, 0) is 19.1 Å². The molecular formula is C11H7F4N3O. The van der Waals surface area contributed by atoms with E-state index in [-0.39, 0.29) is 0 Å². The maximum atomic E-state index is 13.2. The average molecular weight is 273 g/mol. The highest BCUT2D eigenvalue weighted by Gasteiger charge is 2.20. The van der Waals surface area contributed by atoms with E-state index in [1.807, 2.05) is 5.43 Å². The summed E-state index contributed by atoms with van der Waals surface area (Å²) in [6, 6.07) is 3.20. The smallest absolute Gasteiger partial charge is 0.254 e. The third-order valence-electron chi connectivity index (χ3n) is 2.13. The van der Waals surface area contributed by atoms with Crippen molar-refractivity contribution < 1.29 is 22.0 Å². The molecule has 100 valence electrons. The van der Waals surface area contributed by atoms with Gasteiger partial charge in [0.25, 0.3) is 11.9 Å². The Hall–Kier alpha value is -2.38. The van der Waals surface area contributed by atoms with Gasteiger partial charge in [0.15, 0.2) is 0 Å². The van der Waals surface area contributed by atoms with E-state index < -0.39 is 29.2 Å². The Morgan fingerprint density at radius 3 is 2.32 bits per heavy atom. The van der Waals surface area contributed by atoms with Crippen LogP contribution in [-0.2, 0) is 0 Å². The van der Waals surface area contributed by atoms with Crippen LogP contribution >= 0.6 is 0 Å². The largest absolute Gasteiger partial charge is 0.460 e. The Bertz CT molecular complexity index is 613. The number of pyridine rings is 1. The van der Waals surface area contributed by atoms with E-state index in [1.165, 1.54) is 0 Å². The lowest BCUT2D eigenvalue weighted by Crippen LogP contribution is -2.05. The number of halogens is 4. The van der Waals surface area contributed by atoms with Gasteiger partial charge in [-0.25, -0.2) is 0 Å². The summed E-state index contributed by atoms with van der Waals surface area (Å²) in [6.07, 6.45) is 1.10. The van der Waals surface area contributed by atoms with Crippen LogP contribution in [0.5, 0.6) is 0 Å². The summed E-state index contributed by atoms with van der Waals surface area (Å²) in [5.41, 5.74) is 0.795. The van der Waals surface area contributed by atoms with E-state index in [4.69, 9.17) is 4.42 Å². The molecule has 19 heavy (non-hydrogen) atoms. The molecule has 8 heteroatoms. The van der Waals surface area contributed by atoms with Crippen molar-refractivity contribution in [1.82, 2.24) is 4.98 Å². The van der Waals surface area contributed by atoms with E-state index in [0.29, 0.717) is 11.5 Å². The Kier molecular flexibility index (Phi) is 3.50. The van der Waals surface area contributed by atoms with Crippen LogP contribution < -0.4 is 5.43 Å². The normalized spacial score (nSPS) is 11.2. The third kappa shape index (κ3) is 2.72. The lowest BCUT2D eigenvalue weighted by atomic mass is 10.4. The molecule has 0 saturated carbocycles. The Labute approximate surface area is 104 Å². The van der Waals surface area contributed by atoms with E-state index >= 15 is 0 Å². The van der Waals surface area contributed by atoms with Crippen molar-refractivity contribution >= 4 is 11.9 Å². The lowest BCUT2D eigenvalue weighted by Gasteiger charge is -2.04. The van der Waals surface area contributed by atoms with Crippen LogP contribution in [0, 0.1) is 30.5 Å². The SMILES string of the molecule is Cc1ccc(/C=N\Nc2c(F)c(F)nc(F)c2F)o1. The Morgan fingerprint density at radius 2 is 1.79 bits per heavy atom. The fourth-order valence-corrected chi connectivity index (χ4v) is 1.27. The first-order valence-electron chi connectivity index (χ1n) is 5.04. The summed E-state index contributed by atoms with van der Waals surface area (Å²) in [4.78, 5) is 2.41. The van der Waals surface area contributed by atoms with E-state index in [2.05, 4.69) is 10.1 Å². The predicted octanol–water partition coefficient (Wildman–Crippen LogP) is 2.99. The number of nitrogens with zero attached hydrogens (tertiary/aromatic N) is 2. The van der Waals surface area contributed by atoms with Crippen LogP contribution in [0.2, 0.25) is 0 Å². The van der Waals surface area contributed by atoms with Gasteiger partial charge in [0, 0.05) is 0 Å². The van der Waals surface area contributed by atoms with Gasteiger partial charge in [-0.15, -0.1) is 0 Å². The molecule has 0 atom stereocenters. The second-order valence-electron chi connectivity index (χ2n) is 3.51. The van der Waals surface area contributed by atoms with Crippen molar-refractivity contribution in [2.24, 2.45) is 5.10 Å². The van der Waals surface area contributed by atoms with Gasteiger partial charge in [0.1, 0.15) is 17.2 Å². The van der Waals surface area contributed by atoms with Crippen LogP contribution in [-0.4, -0.2) is 11.2 Å². The molecule has 0 fully saturated rings. The highest BCUT2D eigenvalue weighted by molar-refractivity contribution is 5.76. The topological polar surface area (TPSA) is 50.4 Å². The summed E-state index contributed by atoms with van der Waals surface area (Å²) in [6.45, 7) is 1.69. The summed E-state index contributed by atoms with van der Waals surface area (Å²) in [5.74, 6) is -5.92. The monoisotopic (exact) mass is 273 g/mol. The molecule has 2 rings (SSSR count). The van der Waals surface area contributed by atoms with Crippen LogP contribution in [0.4, 0.5) is 23.2 Å². The maximum Gasteiger partial charge on any atom is 0.254 e. The number of hydrazone groups is 1. The van der Waals surface area contributed by atoms with Crippen LogP contribution in [0.3, 0.4) is 0 Å². The van der Waals surface area contributed by atoms with Crippen molar-refractivity contribution in [2.45, 2.75) is 6.92 Å². The van der Waals surface area contributed by atoms with Gasteiger partial charge in [0.2, 0.25) is 11.6 Å². The molecule has 0 bridgehead atoms. The highest BCUT2D eigenvalue weighted by Crippen LogP contribution is 2.21. The lowest BCUT2D eigenvalue weighted by molar-refractivity contribution is 0.411. The van der Waals surface area contributed by atoms with Crippen molar-refractivity contribution in [2.75, 3.05) is 5.43 Å². The van der Waals surface area contributed by atoms with Gasteiger partial charge in [-0.3, -0.25) is 5.43 Å². The zero-order valence-electron chi connectivity index (χ0n) is 9.55. The van der Waals surface area contributed by atoms with Crippen molar-refractivity contribution in [1.29, 1.82) is 0 Å². The van der Waals surface area contributed by atoms with Crippen LogP contribution in [0.25, 0.3) is 0 Å².